The molecule has 2 aromatic rings. The molecule has 6 nitrogen and oxygen atoms in total. The molecule has 0 aliphatic rings. The van der Waals surface area contributed by atoms with Crippen molar-refractivity contribution >= 4 is 11.7 Å². The lowest BCUT2D eigenvalue weighted by atomic mass is 10.1. The average molecular weight is 260 g/mol. The van der Waals surface area contributed by atoms with Crippen molar-refractivity contribution in [2.45, 2.75) is 13.3 Å². The molecular weight excluding hydrogens is 244 g/mol. The van der Waals surface area contributed by atoms with Gasteiger partial charge in [-0.2, -0.15) is 5.10 Å². The van der Waals surface area contributed by atoms with Gasteiger partial charge < -0.3 is 10.4 Å². The first-order valence-corrected chi connectivity index (χ1v) is 5.98. The summed E-state index contributed by atoms with van der Waals surface area (Å²) in [5.41, 5.74) is 1.92. The smallest absolute Gasteiger partial charge is 0.337 e. The van der Waals surface area contributed by atoms with Crippen molar-refractivity contribution < 1.29 is 9.90 Å². The quantitative estimate of drug-likeness (QED) is 0.851. The minimum atomic E-state index is -0.932. The Morgan fingerprint density at radius 1 is 1.47 bits per heavy atom. The van der Waals surface area contributed by atoms with Crippen LogP contribution in [0.25, 0.3) is 0 Å². The zero-order valence-electron chi connectivity index (χ0n) is 10.9. The highest BCUT2D eigenvalue weighted by Crippen LogP contribution is 2.17. The third-order valence-corrected chi connectivity index (χ3v) is 2.72. The molecule has 0 fully saturated rings. The monoisotopic (exact) mass is 260 g/mol. The predicted octanol–water partition coefficient (Wildman–Crippen LogP) is 1.48. The Balaban J connectivity index is 2.02. The number of aryl methyl sites for hydroxylation is 2. The molecule has 0 spiro atoms. The summed E-state index contributed by atoms with van der Waals surface area (Å²) in [7, 11) is 1.81. The number of carboxylic acids is 1. The highest BCUT2D eigenvalue weighted by atomic mass is 16.4. The first kappa shape index (κ1) is 13.1. The molecule has 1 heterocycles. The molecule has 0 radical (unpaired) electrons. The second-order valence-corrected chi connectivity index (χ2v) is 4.37. The highest BCUT2D eigenvalue weighted by Gasteiger charge is 2.09. The number of aromatic carboxylic acids is 1. The molecule has 100 valence electrons. The van der Waals surface area contributed by atoms with Gasteiger partial charge in [-0.3, -0.25) is 4.68 Å². The van der Waals surface area contributed by atoms with E-state index in [9.17, 15) is 4.79 Å². The zero-order chi connectivity index (χ0) is 13.8. The molecule has 0 aliphatic carbocycles. The average Bonchev–Trinajstić information content (AvgIpc) is 2.75. The summed E-state index contributed by atoms with van der Waals surface area (Å²) in [4.78, 5) is 15.2. The van der Waals surface area contributed by atoms with E-state index in [-0.39, 0.29) is 5.56 Å². The van der Waals surface area contributed by atoms with Crippen LogP contribution in [0.2, 0.25) is 0 Å². The fraction of sp³-hybridized carbons (Fsp3) is 0.308. The number of hydrogen-bond acceptors (Lipinski definition) is 4. The SMILES string of the molecule is Cc1ccc(C(=O)O)c(NCCc2ncn(C)n2)c1. The molecule has 6 heteroatoms. The topological polar surface area (TPSA) is 80.0 Å². The van der Waals surface area contributed by atoms with Crippen LogP contribution in [0.15, 0.2) is 24.5 Å². The number of carboxylic acid groups (broad SMARTS) is 1. The van der Waals surface area contributed by atoms with Crippen molar-refractivity contribution in [2.24, 2.45) is 7.05 Å². The zero-order valence-corrected chi connectivity index (χ0v) is 10.9. The van der Waals surface area contributed by atoms with Gasteiger partial charge >= 0.3 is 5.97 Å². The van der Waals surface area contributed by atoms with Crippen molar-refractivity contribution in [3.05, 3.63) is 41.5 Å². The van der Waals surface area contributed by atoms with Gasteiger partial charge in [-0.05, 0) is 24.6 Å². The number of aromatic nitrogens is 3. The summed E-state index contributed by atoms with van der Waals surface area (Å²) in [6, 6.07) is 5.23. The number of carbonyl (C=O) groups is 1. The highest BCUT2D eigenvalue weighted by molar-refractivity contribution is 5.94. The van der Waals surface area contributed by atoms with Crippen LogP contribution in [0.4, 0.5) is 5.69 Å². The maximum atomic E-state index is 11.1. The normalized spacial score (nSPS) is 10.4. The van der Waals surface area contributed by atoms with E-state index in [4.69, 9.17) is 5.11 Å². The lowest BCUT2D eigenvalue weighted by molar-refractivity contribution is 0.0698. The van der Waals surface area contributed by atoms with Crippen LogP contribution in [0.3, 0.4) is 0 Å². The maximum Gasteiger partial charge on any atom is 0.337 e. The van der Waals surface area contributed by atoms with Crippen molar-refractivity contribution in [1.29, 1.82) is 0 Å². The Bertz CT molecular complexity index is 592. The van der Waals surface area contributed by atoms with Gasteiger partial charge in [-0.15, -0.1) is 0 Å². The third kappa shape index (κ3) is 3.31. The predicted molar refractivity (Wildman–Crippen MR) is 71.3 cm³/mol. The van der Waals surface area contributed by atoms with Crippen molar-refractivity contribution in [2.75, 3.05) is 11.9 Å². The third-order valence-electron chi connectivity index (χ3n) is 2.72. The molecule has 0 unspecified atom stereocenters. The molecule has 2 rings (SSSR count). The van der Waals surface area contributed by atoms with E-state index in [1.807, 2.05) is 20.0 Å². The van der Waals surface area contributed by atoms with Gasteiger partial charge in [0.15, 0.2) is 5.82 Å². The summed E-state index contributed by atoms with van der Waals surface area (Å²) in [6.07, 6.45) is 2.29. The minimum absolute atomic E-state index is 0.277. The molecule has 0 amide bonds. The molecule has 0 bridgehead atoms. The fourth-order valence-corrected chi connectivity index (χ4v) is 1.80. The largest absolute Gasteiger partial charge is 0.478 e. The van der Waals surface area contributed by atoms with Crippen LogP contribution in [0.1, 0.15) is 21.7 Å². The second-order valence-electron chi connectivity index (χ2n) is 4.37. The van der Waals surface area contributed by atoms with E-state index in [0.717, 1.165) is 11.4 Å². The minimum Gasteiger partial charge on any atom is -0.478 e. The summed E-state index contributed by atoms with van der Waals surface area (Å²) in [5, 5.41) is 16.4. The number of nitrogens with one attached hydrogen (secondary N) is 1. The van der Waals surface area contributed by atoms with E-state index in [0.29, 0.717) is 18.7 Å². The molecular formula is C13H16N4O2. The van der Waals surface area contributed by atoms with Crippen molar-refractivity contribution in [3.63, 3.8) is 0 Å². The van der Waals surface area contributed by atoms with E-state index in [1.54, 1.807) is 23.1 Å². The Morgan fingerprint density at radius 2 is 2.26 bits per heavy atom. The van der Waals surface area contributed by atoms with Gasteiger partial charge in [0.25, 0.3) is 0 Å². The lowest BCUT2D eigenvalue weighted by Gasteiger charge is -2.09. The Morgan fingerprint density at radius 3 is 2.89 bits per heavy atom. The molecule has 19 heavy (non-hydrogen) atoms. The number of hydrogen-bond donors (Lipinski definition) is 2. The van der Waals surface area contributed by atoms with E-state index < -0.39 is 5.97 Å². The molecule has 2 N–H and O–H groups in total. The number of benzene rings is 1. The van der Waals surface area contributed by atoms with Gasteiger partial charge in [0.2, 0.25) is 0 Å². The fourth-order valence-electron chi connectivity index (χ4n) is 1.80. The van der Waals surface area contributed by atoms with Gasteiger partial charge in [-0.25, -0.2) is 9.78 Å². The molecule has 0 saturated carbocycles. The molecule has 1 aromatic carbocycles. The van der Waals surface area contributed by atoms with E-state index in [2.05, 4.69) is 15.4 Å². The second kappa shape index (κ2) is 5.51. The summed E-state index contributed by atoms with van der Waals surface area (Å²) in [6.45, 7) is 2.52. The van der Waals surface area contributed by atoms with Crippen LogP contribution in [-0.2, 0) is 13.5 Å². The van der Waals surface area contributed by atoms with Crippen LogP contribution in [-0.4, -0.2) is 32.4 Å². The first-order valence-electron chi connectivity index (χ1n) is 5.98. The number of anilines is 1. The van der Waals surface area contributed by atoms with Crippen LogP contribution >= 0.6 is 0 Å². The van der Waals surface area contributed by atoms with Gasteiger partial charge in [0.05, 0.1) is 5.56 Å². The Kier molecular flexibility index (Phi) is 3.79. The van der Waals surface area contributed by atoms with Crippen molar-refractivity contribution in [1.82, 2.24) is 14.8 Å². The van der Waals surface area contributed by atoms with Gasteiger partial charge in [-0.1, -0.05) is 6.07 Å². The van der Waals surface area contributed by atoms with Gasteiger partial charge in [0, 0.05) is 25.7 Å². The number of nitrogens with zero attached hydrogens (tertiary/aromatic N) is 3. The number of rotatable bonds is 5. The van der Waals surface area contributed by atoms with E-state index >= 15 is 0 Å². The Labute approximate surface area is 111 Å². The standard InChI is InChI=1S/C13H16N4O2/c1-9-3-4-10(13(18)19)11(7-9)14-6-5-12-15-8-17(2)16-12/h3-4,7-8,14H,5-6H2,1-2H3,(H,18,19). The summed E-state index contributed by atoms with van der Waals surface area (Å²) >= 11 is 0. The Hall–Kier alpha value is -2.37. The lowest BCUT2D eigenvalue weighted by Crippen LogP contribution is -2.10. The van der Waals surface area contributed by atoms with Gasteiger partial charge in [0.1, 0.15) is 6.33 Å². The maximum absolute atomic E-state index is 11.1. The molecule has 1 aromatic heterocycles. The van der Waals surface area contributed by atoms with Crippen LogP contribution in [0, 0.1) is 6.92 Å². The first-order chi connectivity index (χ1) is 9.06. The van der Waals surface area contributed by atoms with Crippen LogP contribution < -0.4 is 5.32 Å². The van der Waals surface area contributed by atoms with Crippen molar-refractivity contribution in [3.8, 4) is 0 Å². The van der Waals surface area contributed by atoms with E-state index in [1.165, 1.54) is 0 Å². The summed E-state index contributed by atoms with van der Waals surface area (Å²) < 4.78 is 1.64. The molecule has 0 atom stereocenters. The molecule has 0 saturated heterocycles. The summed E-state index contributed by atoms with van der Waals surface area (Å²) in [5.74, 6) is -0.196. The van der Waals surface area contributed by atoms with Crippen LogP contribution in [0.5, 0.6) is 0 Å². The molecule has 0 aliphatic heterocycles.